The molecule has 2 atom stereocenters. The van der Waals surface area contributed by atoms with Crippen molar-refractivity contribution >= 4 is 80.2 Å². The minimum atomic E-state index is -0.754. The first-order valence-corrected chi connectivity index (χ1v) is 21.9. The Morgan fingerprint density at radius 3 is 2.43 bits per heavy atom. The topological polar surface area (TPSA) is 223 Å². The van der Waals surface area contributed by atoms with Crippen LogP contribution in [0.15, 0.2) is 71.3 Å². The summed E-state index contributed by atoms with van der Waals surface area (Å²) in [5.41, 5.74) is 3.99. The van der Waals surface area contributed by atoms with Crippen molar-refractivity contribution in [1.82, 2.24) is 25.5 Å². The third-order valence-electron chi connectivity index (χ3n) is 11.1. The number of aromatic nitrogens is 2. The third-order valence-corrected chi connectivity index (χ3v) is 11.6. The second kappa shape index (κ2) is 21.5. The summed E-state index contributed by atoms with van der Waals surface area (Å²) in [6.45, 7) is 3.77. The quantitative estimate of drug-likeness (QED) is 0.0729. The zero-order chi connectivity index (χ0) is 46.0. The van der Waals surface area contributed by atoms with Gasteiger partial charge in [0.05, 0.1) is 52.0 Å². The first kappa shape index (κ1) is 46.5. The molecule has 1 saturated heterocycles. The largest absolute Gasteiger partial charge is 0.495 e. The van der Waals surface area contributed by atoms with Gasteiger partial charge in [-0.3, -0.25) is 34.1 Å². The number of halogens is 1. The van der Waals surface area contributed by atoms with Crippen molar-refractivity contribution in [3.05, 3.63) is 93.6 Å². The van der Waals surface area contributed by atoms with Gasteiger partial charge in [-0.05, 0) is 60.9 Å². The molecule has 65 heavy (non-hydrogen) atoms. The molecule has 0 spiro atoms. The predicted octanol–water partition coefficient (Wildman–Crippen LogP) is 3.93. The van der Waals surface area contributed by atoms with Crippen molar-refractivity contribution < 1.29 is 47.7 Å². The summed E-state index contributed by atoms with van der Waals surface area (Å²) in [5, 5.41) is 11.1. The number of carbonyl (C=O) groups is 6. The number of carbonyl (C=O) groups excluding carboxylic acids is 6. The molecule has 4 heterocycles. The van der Waals surface area contributed by atoms with Crippen LogP contribution >= 0.6 is 15.9 Å². The lowest BCUT2D eigenvalue weighted by atomic mass is 10.0. The molecule has 0 saturated carbocycles. The number of imide groups is 1. The van der Waals surface area contributed by atoms with Crippen LogP contribution in [0.3, 0.4) is 0 Å². The molecule has 1 aromatic heterocycles. The average Bonchev–Trinajstić information content (AvgIpc) is 3.64. The number of rotatable bonds is 20. The number of amides is 6. The van der Waals surface area contributed by atoms with Crippen molar-refractivity contribution in [3.63, 3.8) is 0 Å². The summed E-state index contributed by atoms with van der Waals surface area (Å²) >= 11 is 3.49. The normalized spacial score (nSPS) is 16.8. The molecule has 342 valence electrons. The highest BCUT2D eigenvalue weighted by molar-refractivity contribution is 9.10. The molecule has 0 bridgehead atoms. The number of nitrogens with zero attached hydrogens (tertiary/aromatic N) is 5. The monoisotopic (exact) mass is 955 g/mol. The minimum Gasteiger partial charge on any atom is -0.495 e. The maximum atomic E-state index is 13.3. The number of hydrogen-bond acceptors (Lipinski definition) is 14. The van der Waals surface area contributed by atoms with Crippen LogP contribution in [0.25, 0.3) is 0 Å². The van der Waals surface area contributed by atoms with Gasteiger partial charge in [0.1, 0.15) is 30.1 Å². The molecule has 0 radical (unpaired) electrons. The van der Waals surface area contributed by atoms with E-state index in [1.807, 2.05) is 36.1 Å². The average molecular weight is 957 g/mol. The van der Waals surface area contributed by atoms with E-state index in [1.165, 1.54) is 12.0 Å². The van der Waals surface area contributed by atoms with Crippen molar-refractivity contribution in [2.24, 2.45) is 0 Å². The highest BCUT2D eigenvalue weighted by Crippen LogP contribution is 2.37. The Kier molecular flexibility index (Phi) is 15.4. The number of hydrogen-bond donors (Lipinski definition) is 4. The van der Waals surface area contributed by atoms with Gasteiger partial charge in [-0.15, -0.1) is 0 Å². The fourth-order valence-electron chi connectivity index (χ4n) is 7.75. The van der Waals surface area contributed by atoms with Crippen LogP contribution < -0.4 is 35.8 Å². The molecule has 4 aromatic rings. The van der Waals surface area contributed by atoms with Gasteiger partial charge < -0.3 is 49.6 Å². The molecular formula is C45H50BrN9O10. The van der Waals surface area contributed by atoms with Gasteiger partial charge in [0, 0.05) is 60.0 Å². The molecule has 19 nitrogen and oxygen atoms in total. The van der Waals surface area contributed by atoms with E-state index in [4.69, 9.17) is 23.9 Å². The molecule has 0 aliphatic carbocycles. The molecule has 1 fully saturated rings. The second-order valence-electron chi connectivity index (χ2n) is 15.3. The van der Waals surface area contributed by atoms with Crippen LogP contribution in [-0.2, 0) is 46.5 Å². The van der Waals surface area contributed by atoms with Gasteiger partial charge in [0.15, 0.2) is 5.82 Å². The van der Waals surface area contributed by atoms with Crippen molar-refractivity contribution in [3.8, 4) is 5.75 Å². The van der Waals surface area contributed by atoms with E-state index in [-0.39, 0.29) is 89.2 Å². The van der Waals surface area contributed by atoms with Crippen molar-refractivity contribution in [2.45, 2.75) is 51.4 Å². The zero-order valence-electron chi connectivity index (χ0n) is 36.2. The van der Waals surface area contributed by atoms with Crippen LogP contribution in [-0.4, -0.2) is 123 Å². The van der Waals surface area contributed by atoms with E-state index in [2.05, 4.69) is 42.2 Å². The maximum Gasteiger partial charge on any atom is 0.255 e. The molecular weight excluding hydrogens is 906 g/mol. The number of benzene rings is 3. The van der Waals surface area contributed by atoms with E-state index in [9.17, 15) is 28.8 Å². The van der Waals surface area contributed by atoms with Crippen molar-refractivity contribution in [2.75, 3.05) is 80.8 Å². The Morgan fingerprint density at radius 1 is 0.938 bits per heavy atom. The Balaban J connectivity index is 0.797. The Hall–Kier alpha value is -6.48. The summed E-state index contributed by atoms with van der Waals surface area (Å²) in [4.78, 5) is 90.3. The molecule has 7 rings (SSSR count). The van der Waals surface area contributed by atoms with Gasteiger partial charge in [0.2, 0.25) is 29.6 Å². The summed E-state index contributed by atoms with van der Waals surface area (Å²) in [6, 6.07) is 16.7. The minimum absolute atomic E-state index is 0.0304. The van der Waals surface area contributed by atoms with E-state index >= 15 is 0 Å². The summed E-state index contributed by atoms with van der Waals surface area (Å²) in [5.74, 6) is -0.643. The number of methoxy groups -OCH3 is 1. The molecule has 2 unspecified atom stereocenters. The number of fused-ring (bicyclic) bond motifs is 2. The Labute approximate surface area is 383 Å². The predicted molar refractivity (Wildman–Crippen MR) is 242 cm³/mol. The summed E-state index contributed by atoms with van der Waals surface area (Å²) < 4.78 is 23.2. The number of anilines is 5. The fraction of sp³-hybridized carbons (Fsp3) is 0.378. The van der Waals surface area contributed by atoms with E-state index < -0.39 is 23.9 Å². The lowest BCUT2D eigenvalue weighted by Gasteiger charge is -2.40. The maximum absolute atomic E-state index is 13.3. The van der Waals surface area contributed by atoms with Gasteiger partial charge in [-0.1, -0.05) is 41.1 Å². The molecule has 6 amide bonds. The van der Waals surface area contributed by atoms with Crippen LogP contribution in [0.2, 0.25) is 0 Å². The van der Waals surface area contributed by atoms with Gasteiger partial charge >= 0.3 is 0 Å². The SMILES string of the molecule is CCC1C(=O)N(C)c2cnc(Nc3ccc(C(=O)NCCOCCOCCOCC(=O)Nc4cccc5c4CN(C4CCC(=O)NC4=O)C5=O)cc3OC)nc2N1Cc1ccc(Br)cc1. The van der Waals surface area contributed by atoms with Crippen molar-refractivity contribution in [1.29, 1.82) is 0 Å². The number of likely N-dealkylation sites (N-methyl/N-ethyl adjacent to an activating group) is 1. The van der Waals surface area contributed by atoms with Gasteiger partial charge in [-0.25, -0.2) is 4.98 Å². The van der Waals surface area contributed by atoms with Crippen LogP contribution in [0, 0.1) is 0 Å². The molecule has 3 aliphatic rings. The van der Waals surface area contributed by atoms with Gasteiger partial charge in [0.25, 0.3) is 11.8 Å². The number of ether oxygens (including phenoxy) is 4. The fourth-order valence-corrected chi connectivity index (χ4v) is 8.02. The van der Waals surface area contributed by atoms with E-state index in [1.54, 1.807) is 54.5 Å². The van der Waals surface area contributed by atoms with E-state index in [0.717, 1.165) is 10.0 Å². The Morgan fingerprint density at radius 2 is 1.69 bits per heavy atom. The van der Waals surface area contributed by atoms with Crippen LogP contribution in [0.1, 0.15) is 58.0 Å². The molecule has 4 N–H and O–H groups in total. The standard InChI is InChI=1S/C45H50BrN9O10/c1-4-34-44(61)53(2)36-23-48-45(52-40(36)54(34)24-27-8-11-29(46)12-9-27)50-33-13-10-28(22-37(33)62-3)41(58)47-16-17-63-18-19-64-20-21-65-26-39(57)49-32-7-5-6-30-31(32)25-55(43(30)60)35-14-15-38(56)51-42(35)59/h5-13,22-23,34-35H,4,14-21,24-26H2,1-3H3,(H,47,58)(H,49,57)(H,48,50,52)(H,51,56,59). The highest BCUT2D eigenvalue weighted by atomic mass is 79.9. The molecule has 20 heteroatoms. The second-order valence-corrected chi connectivity index (χ2v) is 16.2. The summed E-state index contributed by atoms with van der Waals surface area (Å²) in [6.07, 6.45) is 2.61. The molecule has 3 aliphatic heterocycles. The van der Waals surface area contributed by atoms with E-state index in [0.29, 0.717) is 64.2 Å². The zero-order valence-corrected chi connectivity index (χ0v) is 37.8. The van der Waals surface area contributed by atoms with Crippen LogP contribution in [0.5, 0.6) is 5.75 Å². The van der Waals surface area contributed by atoms with Gasteiger partial charge in [-0.2, -0.15) is 4.98 Å². The first-order chi connectivity index (χ1) is 31.4. The Bertz CT molecular complexity index is 2440. The third kappa shape index (κ3) is 11.1. The molecule has 3 aromatic carbocycles. The smallest absolute Gasteiger partial charge is 0.255 e. The number of piperidine rings is 1. The first-order valence-electron chi connectivity index (χ1n) is 21.1. The summed E-state index contributed by atoms with van der Waals surface area (Å²) in [7, 11) is 3.23. The lowest BCUT2D eigenvalue weighted by Crippen LogP contribution is -2.52. The highest BCUT2D eigenvalue weighted by Gasteiger charge is 2.40. The van der Waals surface area contributed by atoms with Crippen LogP contribution in [0.4, 0.5) is 28.8 Å². The number of nitrogens with one attached hydrogen (secondary N) is 4. The lowest BCUT2D eigenvalue weighted by molar-refractivity contribution is -0.137.